The van der Waals surface area contributed by atoms with Gasteiger partial charge < -0.3 is 20.0 Å². The number of aryl methyl sites for hydroxylation is 1. The molecule has 2 amide bonds. The number of amides is 2. The third kappa shape index (κ3) is 4.33. The van der Waals surface area contributed by atoms with Crippen LogP contribution in [0.2, 0.25) is 0 Å². The van der Waals surface area contributed by atoms with Gasteiger partial charge in [-0.2, -0.15) is 0 Å². The van der Waals surface area contributed by atoms with Crippen molar-refractivity contribution in [2.75, 3.05) is 54.4 Å². The van der Waals surface area contributed by atoms with Gasteiger partial charge in [-0.1, -0.05) is 13.0 Å². The maximum absolute atomic E-state index is 12.8. The van der Waals surface area contributed by atoms with Crippen LogP contribution in [0.1, 0.15) is 35.7 Å². The van der Waals surface area contributed by atoms with E-state index in [1.165, 1.54) is 5.69 Å². The third-order valence-corrected chi connectivity index (χ3v) is 6.14. The van der Waals surface area contributed by atoms with Crippen LogP contribution in [0.3, 0.4) is 0 Å². The first-order chi connectivity index (χ1) is 14.5. The Morgan fingerprint density at radius 1 is 1.00 bits per heavy atom. The fraction of sp³-hybridized carbons (Fsp3) is 0.417. The summed E-state index contributed by atoms with van der Waals surface area (Å²) in [6.07, 6.45) is 1.45. The van der Waals surface area contributed by atoms with Crippen molar-refractivity contribution in [1.29, 1.82) is 0 Å². The maximum Gasteiger partial charge on any atom is 0.255 e. The molecule has 6 nitrogen and oxygen atoms in total. The summed E-state index contributed by atoms with van der Waals surface area (Å²) >= 11 is 0. The van der Waals surface area contributed by atoms with E-state index >= 15 is 0 Å². The molecule has 0 bridgehead atoms. The summed E-state index contributed by atoms with van der Waals surface area (Å²) in [5, 5.41) is 3.03. The van der Waals surface area contributed by atoms with E-state index in [1.807, 2.05) is 25.1 Å². The molecular weight excluding hydrogens is 376 g/mol. The van der Waals surface area contributed by atoms with E-state index in [0.29, 0.717) is 12.0 Å². The molecule has 0 aliphatic carbocycles. The number of carbonyl (C=O) groups is 2. The Morgan fingerprint density at radius 2 is 1.80 bits per heavy atom. The quantitative estimate of drug-likeness (QED) is 0.826. The van der Waals surface area contributed by atoms with Crippen LogP contribution in [0.4, 0.5) is 17.1 Å². The minimum atomic E-state index is -0.157. The molecule has 158 valence electrons. The minimum Gasteiger partial charge on any atom is -0.369 e. The van der Waals surface area contributed by atoms with Crippen LogP contribution in [0.5, 0.6) is 0 Å². The first-order valence-corrected chi connectivity index (χ1v) is 10.8. The lowest BCUT2D eigenvalue weighted by Crippen LogP contribution is -2.46. The van der Waals surface area contributed by atoms with Gasteiger partial charge in [0.25, 0.3) is 5.91 Å². The predicted octanol–water partition coefficient (Wildman–Crippen LogP) is 3.52. The third-order valence-electron chi connectivity index (χ3n) is 6.14. The number of carbonyl (C=O) groups excluding carboxylic acids is 2. The van der Waals surface area contributed by atoms with E-state index < -0.39 is 0 Å². The fourth-order valence-electron chi connectivity index (χ4n) is 4.24. The summed E-state index contributed by atoms with van der Waals surface area (Å²) in [6.45, 7) is 10.3. The molecule has 2 fully saturated rings. The summed E-state index contributed by atoms with van der Waals surface area (Å²) in [7, 11) is 0. The number of benzene rings is 2. The zero-order valence-electron chi connectivity index (χ0n) is 17.9. The van der Waals surface area contributed by atoms with Crippen LogP contribution in [0, 0.1) is 6.92 Å². The van der Waals surface area contributed by atoms with Crippen molar-refractivity contribution in [2.24, 2.45) is 0 Å². The van der Waals surface area contributed by atoms with Gasteiger partial charge in [-0.3, -0.25) is 9.59 Å². The lowest BCUT2D eigenvalue weighted by Gasteiger charge is -2.35. The molecule has 0 spiro atoms. The Bertz CT molecular complexity index is 935. The van der Waals surface area contributed by atoms with Crippen LogP contribution in [0.15, 0.2) is 42.5 Å². The molecule has 4 rings (SSSR count). The van der Waals surface area contributed by atoms with Gasteiger partial charge in [0.15, 0.2) is 0 Å². The van der Waals surface area contributed by atoms with E-state index in [9.17, 15) is 9.59 Å². The number of hydrogen-bond acceptors (Lipinski definition) is 4. The van der Waals surface area contributed by atoms with E-state index in [0.717, 1.165) is 62.6 Å². The number of likely N-dealkylation sites (N-methyl/N-ethyl adjacent to an activating group) is 1. The summed E-state index contributed by atoms with van der Waals surface area (Å²) in [6, 6.07) is 13.5. The second-order valence-corrected chi connectivity index (χ2v) is 8.07. The minimum absolute atomic E-state index is 0.124. The highest BCUT2D eigenvalue weighted by Gasteiger charge is 2.22. The van der Waals surface area contributed by atoms with Gasteiger partial charge in [0.2, 0.25) is 5.91 Å². The highest BCUT2D eigenvalue weighted by molar-refractivity contribution is 6.06. The smallest absolute Gasteiger partial charge is 0.255 e. The van der Waals surface area contributed by atoms with Gasteiger partial charge >= 0.3 is 0 Å². The van der Waals surface area contributed by atoms with Crippen molar-refractivity contribution in [3.8, 4) is 0 Å². The second kappa shape index (κ2) is 8.88. The largest absolute Gasteiger partial charge is 0.369 e. The number of hydrogen-bond donors (Lipinski definition) is 1. The second-order valence-electron chi connectivity index (χ2n) is 8.07. The Labute approximate surface area is 178 Å². The zero-order chi connectivity index (χ0) is 21.1. The highest BCUT2D eigenvalue weighted by atomic mass is 16.2. The predicted molar refractivity (Wildman–Crippen MR) is 121 cm³/mol. The highest BCUT2D eigenvalue weighted by Crippen LogP contribution is 2.26. The number of anilines is 3. The number of rotatable bonds is 5. The van der Waals surface area contributed by atoms with Crippen molar-refractivity contribution in [2.45, 2.75) is 26.7 Å². The summed E-state index contributed by atoms with van der Waals surface area (Å²) in [5.41, 5.74) is 4.42. The molecule has 0 atom stereocenters. The molecular formula is C24H30N4O2. The Morgan fingerprint density at radius 3 is 2.47 bits per heavy atom. The molecule has 1 N–H and O–H groups in total. The molecule has 0 radical (unpaired) electrons. The Balaban J connectivity index is 1.44. The normalized spacial score (nSPS) is 17.5. The summed E-state index contributed by atoms with van der Waals surface area (Å²) in [5.74, 6) is -0.0327. The monoisotopic (exact) mass is 406 g/mol. The molecule has 0 saturated carbocycles. The summed E-state index contributed by atoms with van der Waals surface area (Å²) in [4.78, 5) is 31.5. The van der Waals surface area contributed by atoms with E-state index in [1.54, 1.807) is 17.0 Å². The molecule has 0 aromatic heterocycles. The molecule has 30 heavy (non-hydrogen) atoms. The molecule has 2 aliphatic heterocycles. The van der Waals surface area contributed by atoms with Gasteiger partial charge in [0.05, 0.1) is 0 Å². The number of nitrogens with zero attached hydrogens (tertiary/aromatic N) is 3. The van der Waals surface area contributed by atoms with Gasteiger partial charge in [0.1, 0.15) is 0 Å². The molecule has 2 heterocycles. The lowest BCUT2D eigenvalue weighted by atomic mass is 10.1. The molecule has 2 saturated heterocycles. The van der Waals surface area contributed by atoms with Crippen LogP contribution >= 0.6 is 0 Å². The van der Waals surface area contributed by atoms with Crippen molar-refractivity contribution in [3.63, 3.8) is 0 Å². The Kier molecular flexibility index (Phi) is 6.04. The van der Waals surface area contributed by atoms with Crippen LogP contribution in [-0.2, 0) is 4.79 Å². The van der Waals surface area contributed by atoms with Crippen molar-refractivity contribution < 1.29 is 9.59 Å². The summed E-state index contributed by atoms with van der Waals surface area (Å²) < 4.78 is 0. The average Bonchev–Trinajstić information content (AvgIpc) is 3.21. The average molecular weight is 407 g/mol. The van der Waals surface area contributed by atoms with Gasteiger partial charge in [0, 0.05) is 61.8 Å². The van der Waals surface area contributed by atoms with Crippen molar-refractivity contribution in [3.05, 3.63) is 53.6 Å². The SMILES string of the molecule is CCN1CCN(c2ccc(NC(=O)c3cccc(N4CCCC4=O)c3)c(C)c2)CC1. The van der Waals surface area contributed by atoms with Gasteiger partial charge in [-0.05, 0) is 61.9 Å². The van der Waals surface area contributed by atoms with Crippen molar-refractivity contribution in [1.82, 2.24) is 4.90 Å². The molecule has 2 aliphatic rings. The maximum atomic E-state index is 12.8. The van der Waals surface area contributed by atoms with Crippen LogP contribution in [0.25, 0.3) is 0 Å². The van der Waals surface area contributed by atoms with E-state index in [4.69, 9.17) is 0 Å². The van der Waals surface area contributed by atoms with Crippen LogP contribution in [-0.4, -0.2) is 56.0 Å². The first-order valence-electron chi connectivity index (χ1n) is 10.8. The standard InChI is InChI=1S/C24H30N4O2/c1-3-26-12-14-27(15-13-26)20-9-10-22(18(2)16-20)25-24(30)19-6-4-7-21(17-19)28-11-5-8-23(28)29/h4,6-7,9-10,16-17H,3,5,8,11-15H2,1-2H3,(H,25,30). The zero-order valence-corrected chi connectivity index (χ0v) is 17.9. The molecule has 6 heteroatoms. The van der Waals surface area contributed by atoms with Gasteiger partial charge in [-0.25, -0.2) is 0 Å². The number of nitrogens with one attached hydrogen (secondary N) is 1. The van der Waals surface area contributed by atoms with E-state index in [-0.39, 0.29) is 11.8 Å². The van der Waals surface area contributed by atoms with Crippen LogP contribution < -0.4 is 15.1 Å². The van der Waals surface area contributed by atoms with E-state index in [2.05, 4.69) is 34.2 Å². The fourth-order valence-corrected chi connectivity index (χ4v) is 4.24. The van der Waals surface area contributed by atoms with Gasteiger partial charge in [-0.15, -0.1) is 0 Å². The van der Waals surface area contributed by atoms with Crippen molar-refractivity contribution >= 4 is 28.9 Å². The lowest BCUT2D eigenvalue weighted by molar-refractivity contribution is -0.117. The molecule has 2 aromatic carbocycles. The topological polar surface area (TPSA) is 55.9 Å². The number of piperazine rings is 1. The molecule has 2 aromatic rings. The Hall–Kier alpha value is -2.86. The first kappa shape index (κ1) is 20.4. The molecule has 0 unspecified atom stereocenters.